The van der Waals surface area contributed by atoms with E-state index in [1.165, 1.54) is 0 Å². The number of nitrogens with zero attached hydrogens (tertiary/aromatic N) is 1. The molecular formula is C10H12ClNO. The summed E-state index contributed by atoms with van der Waals surface area (Å²) < 4.78 is 5.26. The highest BCUT2D eigenvalue weighted by molar-refractivity contribution is 6.34. The van der Waals surface area contributed by atoms with Gasteiger partial charge in [-0.15, -0.1) is 0 Å². The minimum absolute atomic E-state index is 0.614. The molecule has 1 aromatic carbocycles. The molecule has 0 bridgehead atoms. The van der Waals surface area contributed by atoms with Crippen molar-refractivity contribution >= 4 is 22.7 Å². The first-order valence-electron chi connectivity index (χ1n) is 4.29. The Morgan fingerprint density at radius 2 is 2.00 bits per heavy atom. The van der Waals surface area contributed by atoms with Gasteiger partial charge in [-0.3, -0.25) is 0 Å². The second-order valence-electron chi connectivity index (χ2n) is 2.32. The zero-order valence-corrected chi connectivity index (χ0v) is 8.72. The summed E-state index contributed by atoms with van der Waals surface area (Å²) in [6, 6.07) is 5.51. The molecule has 70 valence electrons. The Morgan fingerprint density at radius 1 is 1.31 bits per heavy atom. The van der Waals surface area contributed by atoms with Crippen LogP contribution in [0.2, 0.25) is 5.02 Å². The lowest BCUT2D eigenvalue weighted by Crippen LogP contribution is -1.67. The number of oxazole rings is 1. The van der Waals surface area contributed by atoms with Crippen LogP contribution in [0.4, 0.5) is 0 Å². The summed E-state index contributed by atoms with van der Waals surface area (Å²) in [6.07, 6.45) is 0. The Kier molecular flexibility index (Phi) is 3.32. The van der Waals surface area contributed by atoms with E-state index in [9.17, 15) is 0 Å². The van der Waals surface area contributed by atoms with Gasteiger partial charge in [0.05, 0.1) is 5.02 Å². The fourth-order valence-corrected chi connectivity index (χ4v) is 1.23. The van der Waals surface area contributed by atoms with E-state index in [0.717, 1.165) is 5.52 Å². The molecule has 0 aliphatic rings. The van der Waals surface area contributed by atoms with Gasteiger partial charge in [0.1, 0.15) is 5.52 Å². The Balaban J connectivity index is 0.000000396. The van der Waals surface area contributed by atoms with E-state index >= 15 is 0 Å². The van der Waals surface area contributed by atoms with Gasteiger partial charge < -0.3 is 4.42 Å². The third kappa shape index (κ3) is 2.01. The fraction of sp³-hybridized carbons (Fsp3) is 0.300. The van der Waals surface area contributed by atoms with Crippen LogP contribution in [0.25, 0.3) is 11.1 Å². The highest BCUT2D eigenvalue weighted by Crippen LogP contribution is 2.23. The standard InChI is InChI=1S/C8H6ClNO.C2H6/c1-5-10-7-4-2-3-6(9)8(7)11-5;1-2/h2-4H,1H3;1-2H3. The van der Waals surface area contributed by atoms with Crippen molar-refractivity contribution < 1.29 is 4.42 Å². The van der Waals surface area contributed by atoms with Crippen LogP contribution in [0.5, 0.6) is 0 Å². The van der Waals surface area contributed by atoms with Crippen LogP contribution in [-0.4, -0.2) is 4.98 Å². The molecule has 3 heteroatoms. The molecule has 0 fully saturated rings. The van der Waals surface area contributed by atoms with Crippen LogP contribution < -0.4 is 0 Å². The van der Waals surface area contributed by atoms with Crippen molar-refractivity contribution in [3.8, 4) is 0 Å². The van der Waals surface area contributed by atoms with Crippen molar-refractivity contribution in [2.75, 3.05) is 0 Å². The van der Waals surface area contributed by atoms with E-state index in [1.54, 1.807) is 13.0 Å². The summed E-state index contributed by atoms with van der Waals surface area (Å²) in [4.78, 5) is 4.12. The average molecular weight is 198 g/mol. The molecule has 2 rings (SSSR count). The summed E-state index contributed by atoms with van der Waals surface area (Å²) in [5, 5.41) is 0.614. The smallest absolute Gasteiger partial charge is 0.192 e. The summed E-state index contributed by atoms with van der Waals surface area (Å²) in [5.41, 5.74) is 1.49. The SMILES string of the molecule is CC.Cc1nc2cccc(Cl)c2o1. The Labute approximate surface area is 82.5 Å². The first kappa shape index (κ1) is 10.1. The predicted molar refractivity (Wildman–Crippen MR) is 55.1 cm³/mol. The summed E-state index contributed by atoms with van der Waals surface area (Å²) >= 11 is 5.84. The summed E-state index contributed by atoms with van der Waals surface area (Å²) in [5.74, 6) is 0.646. The van der Waals surface area contributed by atoms with E-state index in [1.807, 2.05) is 26.0 Å². The number of benzene rings is 1. The van der Waals surface area contributed by atoms with Gasteiger partial charge in [-0.05, 0) is 12.1 Å². The normalized spacial score (nSPS) is 9.54. The molecule has 0 atom stereocenters. The van der Waals surface area contributed by atoms with Gasteiger partial charge >= 0.3 is 0 Å². The second-order valence-corrected chi connectivity index (χ2v) is 2.73. The molecule has 0 saturated carbocycles. The zero-order chi connectivity index (χ0) is 9.84. The highest BCUT2D eigenvalue weighted by Gasteiger charge is 2.03. The van der Waals surface area contributed by atoms with Crippen LogP contribution in [0, 0.1) is 6.92 Å². The maximum absolute atomic E-state index is 5.84. The van der Waals surface area contributed by atoms with Crippen LogP contribution in [0.1, 0.15) is 19.7 Å². The quantitative estimate of drug-likeness (QED) is 0.642. The number of fused-ring (bicyclic) bond motifs is 1. The second kappa shape index (κ2) is 4.28. The molecule has 13 heavy (non-hydrogen) atoms. The lowest BCUT2D eigenvalue weighted by molar-refractivity contribution is 0.561. The molecule has 2 nitrogen and oxygen atoms in total. The maximum atomic E-state index is 5.84. The molecule has 1 heterocycles. The zero-order valence-electron chi connectivity index (χ0n) is 7.97. The summed E-state index contributed by atoms with van der Waals surface area (Å²) in [7, 11) is 0. The molecule has 1 aromatic heterocycles. The third-order valence-electron chi connectivity index (χ3n) is 1.47. The first-order valence-corrected chi connectivity index (χ1v) is 4.67. The van der Waals surface area contributed by atoms with Crippen molar-refractivity contribution in [3.63, 3.8) is 0 Å². The third-order valence-corrected chi connectivity index (χ3v) is 1.77. The van der Waals surface area contributed by atoms with Gasteiger partial charge in [0.15, 0.2) is 11.5 Å². The van der Waals surface area contributed by atoms with Gasteiger partial charge in [-0.2, -0.15) is 0 Å². The van der Waals surface area contributed by atoms with Crippen molar-refractivity contribution in [2.45, 2.75) is 20.8 Å². The van der Waals surface area contributed by atoms with Crippen LogP contribution >= 0.6 is 11.6 Å². The van der Waals surface area contributed by atoms with Gasteiger partial charge in [0, 0.05) is 6.92 Å². The predicted octanol–water partition coefficient (Wildman–Crippen LogP) is 3.82. The maximum Gasteiger partial charge on any atom is 0.192 e. The minimum Gasteiger partial charge on any atom is -0.439 e. The van der Waals surface area contributed by atoms with E-state index in [2.05, 4.69) is 4.98 Å². The monoisotopic (exact) mass is 197 g/mol. The van der Waals surface area contributed by atoms with Crippen LogP contribution in [0.15, 0.2) is 22.6 Å². The number of aromatic nitrogens is 1. The molecule has 0 radical (unpaired) electrons. The number of rotatable bonds is 0. The molecule has 0 unspecified atom stereocenters. The molecule has 2 aromatic rings. The number of hydrogen-bond acceptors (Lipinski definition) is 2. The molecule has 0 aliphatic heterocycles. The molecule has 0 aliphatic carbocycles. The largest absolute Gasteiger partial charge is 0.439 e. The molecule has 0 saturated heterocycles. The summed E-state index contributed by atoms with van der Waals surface area (Å²) in [6.45, 7) is 5.80. The lowest BCUT2D eigenvalue weighted by Gasteiger charge is -1.86. The highest BCUT2D eigenvalue weighted by atomic mass is 35.5. The Hall–Kier alpha value is -1.02. The van der Waals surface area contributed by atoms with Crippen molar-refractivity contribution in [3.05, 3.63) is 29.1 Å². The first-order chi connectivity index (χ1) is 6.27. The minimum atomic E-state index is 0.614. The van der Waals surface area contributed by atoms with E-state index in [4.69, 9.17) is 16.0 Å². The van der Waals surface area contributed by atoms with Crippen LogP contribution in [-0.2, 0) is 0 Å². The Morgan fingerprint density at radius 3 is 2.62 bits per heavy atom. The number of hydrogen-bond donors (Lipinski definition) is 0. The fourth-order valence-electron chi connectivity index (χ4n) is 1.03. The van der Waals surface area contributed by atoms with Gasteiger partial charge in [-0.25, -0.2) is 4.98 Å². The molecular weight excluding hydrogens is 186 g/mol. The Bertz CT molecular complexity index is 395. The van der Waals surface area contributed by atoms with E-state index in [-0.39, 0.29) is 0 Å². The molecule has 0 amide bonds. The van der Waals surface area contributed by atoms with Gasteiger partial charge in [0.25, 0.3) is 0 Å². The average Bonchev–Trinajstić information content (AvgIpc) is 2.51. The van der Waals surface area contributed by atoms with Crippen LogP contribution in [0.3, 0.4) is 0 Å². The molecule has 0 N–H and O–H groups in total. The topological polar surface area (TPSA) is 26.0 Å². The number of aryl methyl sites for hydroxylation is 1. The number of halogens is 1. The lowest BCUT2D eigenvalue weighted by atomic mass is 10.3. The molecule has 0 spiro atoms. The van der Waals surface area contributed by atoms with Gasteiger partial charge in [-0.1, -0.05) is 31.5 Å². The van der Waals surface area contributed by atoms with E-state index < -0.39 is 0 Å². The number of para-hydroxylation sites is 1. The van der Waals surface area contributed by atoms with Crippen molar-refractivity contribution in [1.29, 1.82) is 0 Å². The van der Waals surface area contributed by atoms with Gasteiger partial charge in [0.2, 0.25) is 0 Å². The van der Waals surface area contributed by atoms with Crippen molar-refractivity contribution in [2.24, 2.45) is 0 Å². The van der Waals surface area contributed by atoms with Crippen molar-refractivity contribution in [1.82, 2.24) is 4.98 Å². The van der Waals surface area contributed by atoms with E-state index in [0.29, 0.717) is 16.5 Å².